The Balaban J connectivity index is 2.48. The number of thioether (sulfide) groups is 1. The fourth-order valence-corrected chi connectivity index (χ4v) is 3.03. The summed E-state index contributed by atoms with van der Waals surface area (Å²) in [6.45, 7) is 6.90. The Morgan fingerprint density at radius 1 is 1.69 bits per heavy atom. The number of aromatic nitrogens is 1. The highest BCUT2D eigenvalue weighted by molar-refractivity contribution is 8.01. The van der Waals surface area contributed by atoms with Gasteiger partial charge >= 0.3 is 0 Å². The highest BCUT2D eigenvalue weighted by Crippen LogP contribution is 2.25. The number of nitrogens with zero attached hydrogens (tertiary/aromatic N) is 2. The Morgan fingerprint density at radius 3 is 2.94 bits per heavy atom. The molecule has 0 aliphatic carbocycles. The van der Waals surface area contributed by atoms with Gasteiger partial charge in [-0.2, -0.15) is 5.26 Å². The smallest absolute Gasteiger partial charge is 0.150 e. The summed E-state index contributed by atoms with van der Waals surface area (Å²) in [5.41, 5.74) is 0.591. The molecule has 5 heteroatoms. The summed E-state index contributed by atoms with van der Waals surface area (Å²) in [7, 11) is 0. The van der Waals surface area contributed by atoms with E-state index in [2.05, 4.69) is 23.3 Å². The SMILES string of the molecule is CCCNC(C)(C#N)CSc1nc(C)cs1. The van der Waals surface area contributed by atoms with E-state index in [1.54, 1.807) is 23.1 Å². The van der Waals surface area contributed by atoms with E-state index in [1.807, 2.05) is 19.2 Å². The number of nitriles is 1. The second-order valence-electron chi connectivity index (χ2n) is 3.91. The predicted octanol–water partition coefficient (Wildman–Crippen LogP) is 2.83. The zero-order valence-corrected chi connectivity index (χ0v) is 11.5. The van der Waals surface area contributed by atoms with Crippen molar-refractivity contribution >= 4 is 23.1 Å². The molecule has 1 aromatic heterocycles. The lowest BCUT2D eigenvalue weighted by Crippen LogP contribution is -2.43. The van der Waals surface area contributed by atoms with Gasteiger partial charge in [0.05, 0.1) is 6.07 Å². The Hall–Kier alpha value is -0.570. The first-order valence-corrected chi connectivity index (χ1v) is 7.17. The molecule has 1 atom stereocenters. The number of nitrogens with one attached hydrogen (secondary N) is 1. The van der Waals surface area contributed by atoms with Crippen LogP contribution in [0.5, 0.6) is 0 Å². The quantitative estimate of drug-likeness (QED) is 0.794. The van der Waals surface area contributed by atoms with Crippen LogP contribution in [0.2, 0.25) is 0 Å². The van der Waals surface area contributed by atoms with Gasteiger partial charge < -0.3 is 0 Å². The number of hydrogen-bond donors (Lipinski definition) is 1. The van der Waals surface area contributed by atoms with Gasteiger partial charge in [0.2, 0.25) is 0 Å². The van der Waals surface area contributed by atoms with Gasteiger partial charge in [-0.15, -0.1) is 11.3 Å². The highest BCUT2D eigenvalue weighted by Gasteiger charge is 2.23. The molecule has 88 valence electrons. The summed E-state index contributed by atoms with van der Waals surface area (Å²) < 4.78 is 1.04. The molecular weight excluding hydrogens is 238 g/mol. The summed E-state index contributed by atoms with van der Waals surface area (Å²) >= 11 is 3.28. The molecule has 0 saturated heterocycles. The minimum absolute atomic E-state index is 0.458. The average molecular weight is 255 g/mol. The Bertz CT molecular complexity index is 370. The highest BCUT2D eigenvalue weighted by atomic mass is 32.2. The standard InChI is InChI=1S/C11H17N3S2/c1-4-5-13-11(3,7-12)8-16-10-14-9(2)6-15-10/h6,13H,4-5,8H2,1-3H3. The van der Waals surface area contributed by atoms with Crippen LogP contribution in [-0.2, 0) is 0 Å². The molecule has 0 bridgehead atoms. The van der Waals surface area contributed by atoms with Crippen molar-refractivity contribution in [3.63, 3.8) is 0 Å². The molecule has 0 spiro atoms. The maximum Gasteiger partial charge on any atom is 0.150 e. The monoisotopic (exact) mass is 255 g/mol. The van der Waals surface area contributed by atoms with Gasteiger partial charge in [0.15, 0.2) is 0 Å². The van der Waals surface area contributed by atoms with Gasteiger partial charge in [-0.05, 0) is 26.8 Å². The van der Waals surface area contributed by atoms with Crippen molar-refractivity contribution in [2.75, 3.05) is 12.3 Å². The summed E-state index contributed by atoms with van der Waals surface area (Å²) in [5, 5.41) is 14.5. The number of hydrogen-bond acceptors (Lipinski definition) is 5. The summed E-state index contributed by atoms with van der Waals surface area (Å²) in [6.07, 6.45) is 1.04. The van der Waals surface area contributed by atoms with E-state index in [1.165, 1.54) is 0 Å². The second kappa shape index (κ2) is 6.24. The molecule has 0 saturated carbocycles. The maximum absolute atomic E-state index is 9.15. The average Bonchev–Trinajstić information content (AvgIpc) is 2.70. The molecule has 0 radical (unpaired) electrons. The third-order valence-electron chi connectivity index (χ3n) is 2.09. The van der Waals surface area contributed by atoms with E-state index in [4.69, 9.17) is 5.26 Å². The van der Waals surface area contributed by atoms with Crippen LogP contribution in [0.3, 0.4) is 0 Å². The maximum atomic E-state index is 9.15. The molecule has 1 heterocycles. The minimum Gasteiger partial charge on any atom is -0.299 e. The third-order valence-corrected chi connectivity index (χ3v) is 4.55. The molecule has 0 amide bonds. The van der Waals surface area contributed by atoms with E-state index < -0.39 is 5.54 Å². The summed E-state index contributed by atoms with van der Waals surface area (Å²) in [6, 6.07) is 2.34. The van der Waals surface area contributed by atoms with Gasteiger partial charge in [0.1, 0.15) is 9.88 Å². The van der Waals surface area contributed by atoms with Crippen molar-refractivity contribution < 1.29 is 0 Å². The van der Waals surface area contributed by atoms with E-state index in [0.29, 0.717) is 0 Å². The molecule has 3 nitrogen and oxygen atoms in total. The van der Waals surface area contributed by atoms with Crippen LogP contribution in [0.4, 0.5) is 0 Å². The number of aryl methyl sites for hydroxylation is 1. The molecule has 0 aliphatic rings. The van der Waals surface area contributed by atoms with E-state index in [0.717, 1.165) is 28.8 Å². The van der Waals surface area contributed by atoms with Gasteiger partial charge in [-0.3, -0.25) is 5.32 Å². The van der Waals surface area contributed by atoms with Crippen molar-refractivity contribution in [2.24, 2.45) is 0 Å². The lowest BCUT2D eigenvalue weighted by Gasteiger charge is -2.21. The summed E-state index contributed by atoms with van der Waals surface area (Å²) in [4.78, 5) is 4.37. The molecule has 0 fully saturated rings. The Labute approximate surface area is 105 Å². The van der Waals surface area contributed by atoms with Crippen LogP contribution in [0, 0.1) is 18.3 Å². The van der Waals surface area contributed by atoms with E-state index >= 15 is 0 Å². The van der Waals surface area contributed by atoms with E-state index in [9.17, 15) is 0 Å². The predicted molar refractivity (Wildman–Crippen MR) is 69.9 cm³/mol. The van der Waals surface area contributed by atoms with Crippen LogP contribution in [-0.4, -0.2) is 22.8 Å². The first-order valence-electron chi connectivity index (χ1n) is 5.31. The molecule has 0 aliphatic heterocycles. The van der Waals surface area contributed by atoms with Gasteiger partial charge in [0, 0.05) is 16.8 Å². The van der Waals surface area contributed by atoms with Gasteiger partial charge in [0.25, 0.3) is 0 Å². The summed E-state index contributed by atoms with van der Waals surface area (Å²) in [5.74, 6) is 0.733. The van der Waals surface area contributed by atoms with Crippen LogP contribution >= 0.6 is 23.1 Å². The van der Waals surface area contributed by atoms with Crippen LogP contribution < -0.4 is 5.32 Å². The number of thiazole rings is 1. The molecule has 1 unspecified atom stereocenters. The van der Waals surface area contributed by atoms with Gasteiger partial charge in [-0.1, -0.05) is 18.7 Å². The van der Waals surface area contributed by atoms with Crippen LogP contribution in [0.15, 0.2) is 9.72 Å². The van der Waals surface area contributed by atoms with Crippen LogP contribution in [0.1, 0.15) is 26.0 Å². The van der Waals surface area contributed by atoms with Crippen molar-refractivity contribution in [3.8, 4) is 6.07 Å². The molecule has 0 aromatic carbocycles. The molecule has 1 N–H and O–H groups in total. The molecule has 1 rings (SSSR count). The largest absolute Gasteiger partial charge is 0.299 e. The zero-order valence-electron chi connectivity index (χ0n) is 9.91. The van der Waals surface area contributed by atoms with Crippen molar-refractivity contribution in [2.45, 2.75) is 37.1 Å². The first kappa shape index (κ1) is 13.5. The lowest BCUT2D eigenvalue weighted by atomic mass is 10.1. The Kier molecular flexibility index (Phi) is 5.26. The molecule has 16 heavy (non-hydrogen) atoms. The normalized spacial score (nSPS) is 14.4. The van der Waals surface area contributed by atoms with E-state index in [-0.39, 0.29) is 0 Å². The van der Waals surface area contributed by atoms with Gasteiger partial charge in [-0.25, -0.2) is 4.98 Å². The fourth-order valence-electron chi connectivity index (χ4n) is 1.13. The molecular formula is C11H17N3S2. The second-order valence-corrected chi connectivity index (χ2v) is 5.99. The Morgan fingerprint density at radius 2 is 2.44 bits per heavy atom. The van der Waals surface area contributed by atoms with Crippen molar-refractivity contribution in [3.05, 3.63) is 11.1 Å². The van der Waals surface area contributed by atoms with Crippen molar-refractivity contribution in [1.82, 2.24) is 10.3 Å². The zero-order chi connectivity index (χ0) is 12.0. The fraction of sp³-hybridized carbons (Fsp3) is 0.636. The van der Waals surface area contributed by atoms with Crippen molar-refractivity contribution in [1.29, 1.82) is 5.26 Å². The molecule has 1 aromatic rings. The lowest BCUT2D eigenvalue weighted by molar-refractivity contribution is 0.493. The first-order chi connectivity index (χ1) is 7.59. The third kappa shape index (κ3) is 4.12. The van der Waals surface area contributed by atoms with Crippen LogP contribution in [0.25, 0.3) is 0 Å². The minimum atomic E-state index is -0.458. The topological polar surface area (TPSA) is 48.7 Å². The number of rotatable bonds is 6.